The lowest BCUT2D eigenvalue weighted by atomic mass is 10.2. The highest BCUT2D eigenvalue weighted by Crippen LogP contribution is 2.45. The molecule has 1 saturated carbocycles. The summed E-state index contributed by atoms with van der Waals surface area (Å²) in [5.41, 5.74) is 0.0904. The molecule has 2 rings (SSSR count). The van der Waals surface area contributed by atoms with Gasteiger partial charge in [-0.15, -0.1) is 0 Å². The van der Waals surface area contributed by atoms with Gasteiger partial charge in [0.1, 0.15) is 0 Å². The molecule has 1 aliphatic rings. The highest BCUT2D eigenvalue weighted by molar-refractivity contribution is 7.89. The third kappa shape index (κ3) is 1.67. The quantitative estimate of drug-likeness (QED) is 0.770. The van der Waals surface area contributed by atoms with Crippen LogP contribution in [0.2, 0.25) is 0 Å². The maximum absolute atomic E-state index is 11.6. The Morgan fingerprint density at radius 2 is 2.29 bits per heavy atom. The van der Waals surface area contributed by atoms with Crippen LogP contribution >= 0.6 is 0 Å². The largest absolute Gasteiger partial charge is 0.266 e. The van der Waals surface area contributed by atoms with Crippen molar-refractivity contribution in [1.82, 2.24) is 14.9 Å². The molecule has 1 aliphatic carbocycles. The van der Waals surface area contributed by atoms with Crippen LogP contribution in [0.5, 0.6) is 0 Å². The zero-order chi connectivity index (χ0) is 10.4. The summed E-state index contributed by atoms with van der Waals surface area (Å²) in [6.45, 7) is 4.07. The van der Waals surface area contributed by atoms with Crippen molar-refractivity contribution in [2.45, 2.75) is 31.3 Å². The highest BCUT2D eigenvalue weighted by atomic mass is 32.2. The molecule has 0 saturated heterocycles. The molecule has 0 bridgehead atoms. The first kappa shape index (κ1) is 9.67. The number of aromatic nitrogens is 2. The fourth-order valence-electron chi connectivity index (χ4n) is 1.31. The normalized spacial score (nSPS) is 24.9. The second kappa shape index (κ2) is 2.80. The number of sulfonamides is 1. The number of nitrogens with zero attached hydrogens (tertiary/aromatic N) is 1. The number of aromatic amines is 1. The molecule has 0 aliphatic heterocycles. The van der Waals surface area contributed by atoms with Crippen molar-refractivity contribution in [3.8, 4) is 0 Å². The number of nitrogens with one attached hydrogen (secondary N) is 2. The molecule has 5 nitrogen and oxygen atoms in total. The zero-order valence-corrected chi connectivity index (χ0v) is 8.93. The number of hydrogen-bond acceptors (Lipinski definition) is 3. The molecule has 1 aromatic heterocycles. The maximum Gasteiger partial charge on any atom is 0.257 e. The molecule has 1 atom stereocenters. The van der Waals surface area contributed by atoms with E-state index in [0.717, 1.165) is 6.42 Å². The van der Waals surface area contributed by atoms with Gasteiger partial charge < -0.3 is 0 Å². The first-order valence-electron chi connectivity index (χ1n) is 4.43. The van der Waals surface area contributed by atoms with Crippen LogP contribution in [0, 0.1) is 5.41 Å². The summed E-state index contributed by atoms with van der Waals surface area (Å²) in [6.07, 6.45) is 2.31. The van der Waals surface area contributed by atoms with Crippen molar-refractivity contribution >= 4 is 10.0 Å². The highest BCUT2D eigenvalue weighted by Gasteiger charge is 2.48. The average molecular weight is 215 g/mol. The predicted molar refractivity (Wildman–Crippen MR) is 51.1 cm³/mol. The molecular formula is C8H13N3O2S. The monoisotopic (exact) mass is 215 g/mol. The average Bonchev–Trinajstić information content (AvgIpc) is 2.57. The van der Waals surface area contributed by atoms with Gasteiger partial charge >= 0.3 is 0 Å². The summed E-state index contributed by atoms with van der Waals surface area (Å²) in [7, 11) is -3.39. The fraction of sp³-hybridized carbons (Fsp3) is 0.625. The van der Waals surface area contributed by atoms with Gasteiger partial charge in [-0.2, -0.15) is 5.10 Å². The Labute approximate surface area is 83.0 Å². The topological polar surface area (TPSA) is 74.8 Å². The summed E-state index contributed by atoms with van der Waals surface area (Å²) < 4.78 is 25.9. The minimum atomic E-state index is -3.39. The van der Waals surface area contributed by atoms with Crippen molar-refractivity contribution in [3.05, 3.63) is 12.3 Å². The second-order valence-corrected chi connectivity index (χ2v) is 5.97. The van der Waals surface area contributed by atoms with E-state index in [1.54, 1.807) is 0 Å². The van der Waals surface area contributed by atoms with Gasteiger partial charge in [-0.3, -0.25) is 5.10 Å². The van der Waals surface area contributed by atoms with E-state index in [4.69, 9.17) is 0 Å². The van der Waals surface area contributed by atoms with Gasteiger partial charge in [-0.25, -0.2) is 13.1 Å². The molecule has 0 radical (unpaired) electrons. The lowest BCUT2D eigenvalue weighted by Crippen LogP contribution is -2.28. The number of H-pyrrole nitrogens is 1. The molecule has 1 aromatic rings. The van der Waals surface area contributed by atoms with Crippen LogP contribution in [0.4, 0.5) is 0 Å². The Kier molecular flexibility index (Phi) is 1.94. The number of hydrogen-bond donors (Lipinski definition) is 2. The van der Waals surface area contributed by atoms with Crippen LogP contribution in [-0.2, 0) is 10.0 Å². The molecule has 2 N–H and O–H groups in total. The van der Waals surface area contributed by atoms with Gasteiger partial charge in [-0.05, 0) is 17.9 Å². The molecule has 0 amide bonds. The smallest absolute Gasteiger partial charge is 0.257 e. The van der Waals surface area contributed by atoms with Gasteiger partial charge in [0.15, 0.2) is 5.03 Å². The molecule has 6 heteroatoms. The van der Waals surface area contributed by atoms with Crippen molar-refractivity contribution in [3.63, 3.8) is 0 Å². The lowest BCUT2D eigenvalue weighted by Gasteiger charge is -2.05. The third-order valence-electron chi connectivity index (χ3n) is 2.58. The van der Waals surface area contributed by atoms with Crippen molar-refractivity contribution in [1.29, 1.82) is 0 Å². The molecule has 1 fully saturated rings. The van der Waals surface area contributed by atoms with Gasteiger partial charge in [0, 0.05) is 6.04 Å². The number of rotatable bonds is 3. The first-order chi connectivity index (χ1) is 6.42. The van der Waals surface area contributed by atoms with Crippen LogP contribution in [-0.4, -0.2) is 24.7 Å². The zero-order valence-electron chi connectivity index (χ0n) is 8.11. The van der Waals surface area contributed by atoms with E-state index in [1.807, 2.05) is 13.8 Å². The van der Waals surface area contributed by atoms with Gasteiger partial charge in [-0.1, -0.05) is 13.8 Å². The van der Waals surface area contributed by atoms with Gasteiger partial charge in [0.2, 0.25) is 0 Å². The fourth-order valence-corrected chi connectivity index (χ4v) is 2.63. The minimum absolute atomic E-state index is 0.0517. The summed E-state index contributed by atoms with van der Waals surface area (Å²) in [6, 6.07) is 1.49. The van der Waals surface area contributed by atoms with Crippen molar-refractivity contribution in [2.75, 3.05) is 0 Å². The molecule has 78 valence electrons. The summed E-state index contributed by atoms with van der Waals surface area (Å²) in [4.78, 5) is 0. The van der Waals surface area contributed by atoms with E-state index in [-0.39, 0.29) is 16.5 Å². The minimum Gasteiger partial charge on any atom is -0.266 e. The molecule has 0 aromatic carbocycles. The Hall–Kier alpha value is -0.880. The molecule has 0 spiro atoms. The van der Waals surface area contributed by atoms with Gasteiger partial charge in [0.05, 0.1) is 6.20 Å². The molecule has 1 unspecified atom stereocenters. The third-order valence-corrected chi connectivity index (χ3v) is 3.98. The van der Waals surface area contributed by atoms with E-state index >= 15 is 0 Å². The van der Waals surface area contributed by atoms with Crippen LogP contribution in [0.25, 0.3) is 0 Å². The summed E-state index contributed by atoms with van der Waals surface area (Å²) >= 11 is 0. The predicted octanol–water partition coefficient (Wildman–Crippen LogP) is 0.486. The van der Waals surface area contributed by atoms with E-state index in [9.17, 15) is 8.42 Å². The van der Waals surface area contributed by atoms with E-state index in [0.29, 0.717) is 0 Å². The van der Waals surface area contributed by atoms with E-state index in [2.05, 4.69) is 14.9 Å². The van der Waals surface area contributed by atoms with E-state index < -0.39 is 10.0 Å². The van der Waals surface area contributed by atoms with Gasteiger partial charge in [0.25, 0.3) is 10.0 Å². The summed E-state index contributed by atoms with van der Waals surface area (Å²) in [5, 5.41) is 6.17. The Bertz CT molecular complexity index is 421. The Morgan fingerprint density at radius 1 is 1.64 bits per heavy atom. The Balaban J connectivity index is 2.12. The molecule has 14 heavy (non-hydrogen) atoms. The van der Waals surface area contributed by atoms with Crippen molar-refractivity contribution < 1.29 is 8.42 Å². The lowest BCUT2D eigenvalue weighted by molar-refractivity contribution is 0.552. The second-order valence-electron chi connectivity index (χ2n) is 4.29. The van der Waals surface area contributed by atoms with Crippen molar-refractivity contribution in [2.24, 2.45) is 5.41 Å². The molecular weight excluding hydrogens is 202 g/mol. The van der Waals surface area contributed by atoms with Crippen LogP contribution < -0.4 is 4.72 Å². The summed E-state index contributed by atoms with van der Waals surface area (Å²) in [5.74, 6) is 0. The van der Waals surface area contributed by atoms with E-state index in [1.165, 1.54) is 12.3 Å². The molecule has 1 heterocycles. The van der Waals surface area contributed by atoms with Crippen LogP contribution in [0.3, 0.4) is 0 Å². The Morgan fingerprint density at radius 3 is 2.71 bits per heavy atom. The standard InChI is InChI=1S/C8H13N3O2S/c1-8(2)5-6(8)11-14(12,13)7-3-4-9-10-7/h3-4,6,11H,5H2,1-2H3,(H,9,10). The SMILES string of the molecule is CC1(C)CC1NS(=O)(=O)c1ccn[nH]1. The maximum atomic E-state index is 11.6. The van der Waals surface area contributed by atoms with Crippen LogP contribution in [0.15, 0.2) is 17.3 Å². The first-order valence-corrected chi connectivity index (χ1v) is 5.92. The van der Waals surface area contributed by atoms with Crippen LogP contribution in [0.1, 0.15) is 20.3 Å².